The molecule has 1 fully saturated rings. The molecule has 1 aliphatic rings. The van der Waals surface area contributed by atoms with Crippen LogP contribution in [0.5, 0.6) is 0 Å². The molecule has 0 aromatic heterocycles. The van der Waals surface area contributed by atoms with Crippen molar-refractivity contribution >= 4 is 27.6 Å². The van der Waals surface area contributed by atoms with Gasteiger partial charge in [-0.2, -0.15) is 0 Å². The smallest absolute Gasteiger partial charge is 0.319 e. The summed E-state index contributed by atoms with van der Waals surface area (Å²) in [4.78, 5) is 11.9. The van der Waals surface area contributed by atoms with Gasteiger partial charge < -0.3 is 15.7 Å². The second kappa shape index (κ2) is 5.51. The summed E-state index contributed by atoms with van der Waals surface area (Å²) in [5.41, 5.74) is 2.81. The van der Waals surface area contributed by atoms with Gasteiger partial charge in [-0.15, -0.1) is 0 Å². The van der Waals surface area contributed by atoms with Crippen LogP contribution in [0.1, 0.15) is 24.0 Å². The Morgan fingerprint density at radius 1 is 1.37 bits per heavy atom. The normalized spacial score (nSPS) is 16.0. The Bertz CT molecular complexity index is 475. The van der Waals surface area contributed by atoms with Gasteiger partial charge in [0.05, 0.1) is 6.61 Å². The zero-order valence-electron chi connectivity index (χ0n) is 11.2. The first kappa shape index (κ1) is 14.3. The van der Waals surface area contributed by atoms with Crippen LogP contribution in [0, 0.1) is 19.3 Å². The number of aliphatic hydroxyl groups is 1. The molecule has 0 unspecified atom stereocenters. The summed E-state index contributed by atoms with van der Waals surface area (Å²) in [5.74, 6) is 0. The van der Waals surface area contributed by atoms with Gasteiger partial charge in [0.1, 0.15) is 0 Å². The zero-order valence-corrected chi connectivity index (χ0v) is 12.8. The number of aryl methyl sites for hydroxylation is 2. The molecule has 4 nitrogen and oxygen atoms in total. The third-order valence-electron chi connectivity index (χ3n) is 3.65. The lowest BCUT2D eigenvalue weighted by Crippen LogP contribution is -2.35. The van der Waals surface area contributed by atoms with E-state index >= 15 is 0 Å². The van der Waals surface area contributed by atoms with Gasteiger partial charge in [0, 0.05) is 22.1 Å². The molecule has 0 saturated heterocycles. The minimum absolute atomic E-state index is 0.0683. The monoisotopic (exact) mass is 326 g/mol. The Kier molecular flexibility index (Phi) is 4.16. The quantitative estimate of drug-likeness (QED) is 0.796. The molecule has 0 radical (unpaired) electrons. The van der Waals surface area contributed by atoms with Gasteiger partial charge in [0.15, 0.2) is 0 Å². The van der Waals surface area contributed by atoms with E-state index in [1.165, 1.54) is 0 Å². The Labute approximate surface area is 121 Å². The number of benzene rings is 1. The maximum Gasteiger partial charge on any atom is 0.319 e. The summed E-state index contributed by atoms with van der Waals surface area (Å²) < 4.78 is 1.01. The number of anilines is 1. The van der Waals surface area contributed by atoms with Gasteiger partial charge in [-0.1, -0.05) is 15.9 Å². The molecule has 1 aromatic carbocycles. The fourth-order valence-corrected chi connectivity index (χ4v) is 2.79. The van der Waals surface area contributed by atoms with E-state index in [4.69, 9.17) is 0 Å². The van der Waals surface area contributed by atoms with E-state index in [0.29, 0.717) is 6.54 Å². The molecule has 19 heavy (non-hydrogen) atoms. The Balaban J connectivity index is 1.95. The highest BCUT2D eigenvalue weighted by atomic mass is 79.9. The van der Waals surface area contributed by atoms with Crippen LogP contribution in [0.15, 0.2) is 16.6 Å². The molecular formula is C14H19BrN2O2. The molecule has 2 amide bonds. The highest BCUT2D eigenvalue weighted by Gasteiger charge is 2.42. The van der Waals surface area contributed by atoms with Crippen molar-refractivity contribution < 1.29 is 9.90 Å². The number of rotatable bonds is 4. The van der Waals surface area contributed by atoms with E-state index in [-0.39, 0.29) is 18.1 Å². The number of hydrogen-bond acceptors (Lipinski definition) is 2. The van der Waals surface area contributed by atoms with Crippen molar-refractivity contribution in [2.45, 2.75) is 26.7 Å². The summed E-state index contributed by atoms with van der Waals surface area (Å²) in [7, 11) is 0. The molecule has 0 bridgehead atoms. The second-order valence-corrected chi connectivity index (χ2v) is 6.30. The van der Waals surface area contributed by atoms with E-state index in [1.54, 1.807) is 0 Å². The van der Waals surface area contributed by atoms with Crippen molar-refractivity contribution in [3.63, 3.8) is 0 Å². The summed E-state index contributed by atoms with van der Waals surface area (Å²) in [5, 5.41) is 14.9. The van der Waals surface area contributed by atoms with Crippen molar-refractivity contribution in [1.82, 2.24) is 5.32 Å². The number of hydrogen-bond donors (Lipinski definition) is 3. The summed E-state index contributed by atoms with van der Waals surface area (Å²) in [6.45, 7) is 4.60. The number of amides is 2. The predicted molar refractivity (Wildman–Crippen MR) is 79.4 cm³/mol. The average molecular weight is 327 g/mol. The number of halogens is 1. The maximum absolute atomic E-state index is 11.9. The Morgan fingerprint density at radius 3 is 2.42 bits per heavy atom. The van der Waals surface area contributed by atoms with E-state index < -0.39 is 0 Å². The molecular weight excluding hydrogens is 308 g/mol. The van der Waals surface area contributed by atoms with E-state index in [0.717, 1.165) is 34.1 Å². The summed E-state index contributed by atoms with van der Waals surface area (Å²) in [6.07, 6.45) is 1.97. The van der Waals surface area contributed by atoms with Gasteiger partial charge >= 0.3 is 6.03 Å². The lowest BCUT2D eigenvalue weighted by Gasteiger charge is -2.16. The molecule has 104 valence electrons. The molecule has 0 atom stereocenters. The van der Waals surface area contributed by atoms with Crippen molar-refractivity contribution in [3.05, 3.63) is 27.7 Å². The third kappa shape index (κ3) is 3.48. The molecule has 3 N–H and O–H groups in total. The Morgan fingerprint density at radius 2 is 1.95 bits per heavy atom. The van der Waals surface area contributed by atoms with Crippen LogP contribution < -0.4 is 10.6 Å². The SMILES string of the molecule is Cc1cc(Br)cc(C)c1NC(=O)NCC1(CO)CC1. The fraction of sp³-hybridized carbons (Fsp3) is 0.500. The molecule has 1 aromatic rings. The van der Waals surface area contributed by atoms with E-state index in [2.05, 4.69) is 26.6 Å². The largest absolute Gasteiger partial charge is 0.396 e. The van der Waals surface area contributed by atoms with Gasteiger partial charge in [-0.3, -0.25) is 0 Å². The van der Waals surface area contributed by atoms with E-state index in [9.17, 15) is 9.90 Å². The number of nitrogens with one attached hydrogen (secondary N) is 2. The minimum Gasteiger partial charge on any atom is -0.396 e. The van der Waals surface area contributed by atoms with Crippen molar-refractivity contribution in [3.8, 4) is 0 Å². The number of urea groups is 1. The molecule has 2 rings (SSSR count). The second-order valence-electron chi connectivity index (χ2n) is 5.38. The van der Waals surface area contributed by atoms with Crippen LogP contribution in [0.4, 0.5) is 10.5 Å². The first-order valence-corrected chi connectivity index (χ1v) is 7.17. The van der Waals surface area contributed by atoms with Crippen LogP contribution >= 0.6 is 15.9 Å². The van der Waals surface area contributed by atoms with Gasteiger partial charge in [0.25, 0.3) is 0 Å². The van der Waals surface area contributed by atoms with Crippen LogP contribution in [0.3, 0.4) is 0 Å². The van der Waals surface area contributed by atoms with Crippen molar-refractivity contribution in [2.75, 3.05) is 18.5 Å². The molecule has 0 heterocycles. The van der Waals surface area contributed by atoms with Gasteiger partial charge in [-0.25, -0.2) is 4.79 Å². The third-order valence-corrected chi connectivity index (χ3v) is 4.11. The van der Waals surface area contributed by atoms with Crippen LogP contribution in [0.25, 0.3) is 0 Å². The molecule has 1 saturated carbocycles. The van der Waals surface area contributed by atoms with E-state index in [1.807, 2.05) is 26.0 Å². The zero-order chi connectivity index (χ0) is 14.0. The predicted octanol–water partition coefficient (Wildman–Crippen LogP) is 2.96. The Hall–Kier alpha value is -1.07. The highest BCUT2D eigenvalue weighted by molar-refractivity contribution is 9.10. The van der Waals surface area contributed by atoms with Crippen LogP contribution in [-0.4, -0.2) is 24.3 Å². The molecule has 0 aliphatic heterocycles. The summed E-state index contributed by atoms with van der Waals surface area (Å²) in [6, 6.07) is 3.73. The first-order valence-electron chi connectivity index (χ1n) is 6.38. The number of carbonyl (C=O) groups excluding carboxylic acids is 1. The molecule has 0 spiro atoms. The van der Waals surface area contributed by atoms with Gasteiger partial charge in [-0.05, 0) is 49.9 Å². The maximum atomic E-state index is 11.9. The number of carbonyl (C=O) groups is 1. The molecule has 1 aliphatic carbocycles. The first-order chi connectivity index (χ1) is 8.96. The standard InChI is InChI=1S/C14H19BrN2O2/c1-9-5-11(15)6-10(2)12(9)17-13(19)16-7-14(8-18)3-4-14/h5-6,18H,3-4,7-8H2,1-2H3,(H2,16,17,19). The minimum atomic E-state index is -0.215. The lowest BCUT2D eigenvalue weighted by atomic mass is 10.1. The van der Waals surface area contributed by atoms with Crippen LogP contribution in [-0.2, 0) is 0 Å². The van der Waals surface area contributed by atoms with Crippen LogP contribution in [0.2, 0.25) is 0 Å². The lowest BCUT2D eigenvalue weighted by molar-refractivity contribution is 0.206. The highest BCUT2D eigenvalue weighted by Crippen LogP contribution is 2.44. The number of aliphatic hydroxyl groups excluding tert-OH is 1. The van der Waals surface area contributed by atoms with Gasteiger partial charge in [0.2, 0.25) is 0 Å². The topological polar surface area (TPSA) is 61.4 Å². The fourth-order valence-electron chi connectivity index (χ4n) is 2.10. The van der Waals surface area contributed by atoms with Crippen molar-refractivity contribution in [2.24, 2.45) is 5.41 Å². The van der Waals surface area contributed by atoms with Crippen molar-refractivity contribution in [1.29, 1.82) is 0 Å². The average Bonchev–Trinajstić information content (AvgIpc) is 3.12. The molecule has 5 heteroatoms. The summed E-state index contributed by atoms with van der Waals surface area (Å²) >= 11 is 3.43.